The lowest BCUT2D eigenvalue weighted by Gasteiger charge is -2.30. The molecule has 29 heavy (non-hydrogen) atoms. The van der Waals surface area contributed by atoms with Gasteiger partial charge in [0, 0.05) is 36.7 Å². The van der Waals surface area contributed by atoms with Gasteiger partial charge in [-0.25, -0.2) is 17.1 Å². The molecule has 1 aliphatic heterocycles. The van der Waals surface area contributed by atoms with Crippen molar-refractivity contribution < 1.29 is 22.3 Å². The van der Waals surface area contributed by atoms with Gasteiger partial charge < -0.3 is 10.1 Å². The summed E-state index contributed by atoms with van der Waals surface area (Å²) in [4.78, 5) is 12.5. The molecular weight excluding hydrogens is 395 g/mol. The van der Waals surface area contributed by atoms with Crippen LogP contribution < -0.4 is 10.1 Å². The van der Waals surface area contributed by atoms with Gasteiger partial charge in [-0.3, -0.25) is 4.79 Å². The van der Waals surface area contributed by atoms with Crippen molar-refractivity contribution in [3.05, 3.63) is 65.5 Å². The SMILES string of the molecule is COc1ccccc1CNC(=O)C1CCN(S(=O)(=O)Cc2ccccc2F)CC1. The third-order valence-corrected chi connectivity index (χ3v) is 6.99. The van der Waals surface area contributed by atoms with Crippen LogP contribution in [-0.2, 0) is 27.1 Å². The molecule has 8 heteroatoms. The van der Waals surface area contributed by atoms with Gasteiger partial charge in [0.25, 0.3) is 0 Å². The highest BCUT2D eigenvalue weighted by Crippen LogP contribution is 2.23. The van der Waals surface area contributed by atoms with Gasteiger partial charge in [-0.1, -0.05) is 36.4 Å². The molecule has 1 heterocycles. The summed E-state index contributed by atoms with van der Waals surface area (Å²) in [5, 5.41) is 2.91. The van der Waals surface area contributed by atoms with Crippen LogP contribution in [0.3, 0.4) is 0 Å². The van der Waals surface area contributed by atoms with Crippen LogP contribution >= 0.6 is 0 Å². The summed E-state index contributed by atoms with van der Waals surface area (Å²) < 4.78 is 45.6. The maximum atomic E-state index is 13.8. The maximum Gasteiger partial charge on any atom is 0.223 e. The van der Waals surface area contributed by atoms with Crippen LogP contribution in [0.25, 0.3) is 0 Å². The number of hydrogen-bond acceptors (Lipinski definition) is 4. The molecule has 3 rings (SSSR count). The molecule has 1 fully saturated rings. The number of carbonyl (C=O) groups is 1. The molecule has 0 radical (unpaired) electrons. The van der Waals surface area contributed by atoms with Crippen molar-refractivity contribution in [1.82, 2.24) is 9.62 Å². The molecule has 0 unspecified atom stereocenters. The van der Waals surface area contributed by atoms with Crippen molar-refractivity contribution in [3.8, 4) is 5.75 Å². The summed E-state index contributed by atoms with van der Waals surface area (Å²) >= 11 is 0. The van der Waals surface area contributed by atoms with Gasteiger partial charge >= 0.3 is 0 Å². The third kappa shape index (κ3) is 5.33. The summed E-state index contributed by atoms with van der Waals surface area (Å²) in [5.74, 6) is -0.528. The van der Waals surface area contributed by atoms with Crippen molar-refractivity contribution in [3.63, 3.8) is 0 Å². The average Bonchev–Trinajstić information content (AvgIpc) is 2.74. The number of carbonyl (C=O) groups excluding carboxylic acids is 1. The van der Waals surface area contributed by atoms with E-state index in [2.05, 4.69) is 5.32 Å². The van der Waals surface area contributed by atoms with Crippen molar-refractivity contribution in [2.75, 3.05) is 20.2 Å². The van der Waals surface area contributed by atoms with E-state index in [1.54, 1.807) is 13.2 Å². The van der Waals surface area contributed by atoms with E-state index in [0.29, 0.717) is 25.1 Å². The van der Waals surface area contributed by atoms with Gasteiger partial charge in [-0.15, -0.1) is 0 Å². The van der Waals surface area contributed by atoms with Gasteiger partial charge in [0.15, 0.2) is 0 Å². The summed E-state index contributed by atoms with van der Waals surface area (Å²) in [5.41, 5.74) is 1.04. The Balaban J connectivity index is 1.53. The fourth-order valence-electron chi connectivity index (χ4n) is 3.48. The molecule has 0 aliphatic carbocycles. The van der Waals surface area contributed by atoms with Crippen LogP contribution in [0.15, 0.2) is 48.5 Å². The van der Waals surface area contributed by atoms with Crippen LogP contribution in [0.4, 0.5) is 4.39 Å². The Morgan fingerprint density at radius 1 is 1.10 bits per heavy atom. The van der Waals surface area contributed by atoms with E-state index in [4.69, 9.17) is 4.74 Å². The van der Waals surface area contributed by atoms with Gasteiger partial charge in [0.1, 0.15) is 11.6 Å². The second kappa shape index (κ2) is 9.37. The van der Waals surface area contributed by atoms with Crippen molar-refractivity contribution in [2.45, 2.75) is 25.1 Å². The fourth-order valence-corrected chi connectivity index (χ4v) is 5.05. The Morgan fingerprint density at radius 2 is 1.72 bits per heavy atom. The molecule has 1 saturated heterocycles. The van der Waals surface area contributed by atoms with Gasteiger partial charge in [0.2, 0.25) is 15.9 Å². The number of para-hydroxylation sites is 1. The number of nitrogens with one attached hydrogen (secondary N) is 1. The topological polar surface area (TPSA) is 75.7 Å². The predicted molar refractivity (Wildman–Crippen MR) is 108 cm³/mol. The first-order valence-corrected chi connectivity index (χ1v) is 11.1. The number of amides is 1. The molecule has 0 aromatic heterocycles. The lowest BCUT2D eigenvalue weighted by Crippen LogP contribution is -2.43. The quantitative estimate of drug-likeness (QED) is 0.747. The molecule has 1 aliphatic rings. The number of sulfonamides is 1. The van der Waals surface area contributed by atoms with E-state index in [1.807, 2.05) is 24.3 Å². The zero-order valence-corrected chi connectivity index (χ0v) is 17.1. The summed E-state index contributed by atoms with van der Waals surface area (Å²) in [6.07, 6.45) is 0.877. The van der Waals surface area contributed by atoms with E-state index in [0.717, 1.165) is 5.56 Å². The number of ether oxygens (including phenoxy) is 1. The Morgan fingerprint density at radius 3 is 2.38 bits per heavy atom. The van der Waals surface area contributed by atoms with Crippen LogP contribution in [0, 0.1) is 11.7 Å². The lowest BCUT2D eigenvalue weighted by atomic mass is 9.97. The zero-order chi connectivity index (χ0) is 20.9. The lowest BCUT2D eigenvalue weighted by molar-refractivity contribution is -0.126. The Bertz CT molecular complexity index is 957. The minimum Gasteiger partial charge on any atom is -0.496 e. The molecular formula is C21H25FN2O4S. The highest BCUT2D eigenvalue weighted by Gasteiger charge is 2.31. The number of halogens is 1. The predicted octanol–water partition coefficient (Wildman–Crippen LogP) is 2.69. The smallest absolute Gasteiger partial charge is 0.223 e. The molecule has 0 bridgehead atoms. The summed E-state index contributed by atoms with van der Waals surface area (Å²) in [7, 11) is -2.05. The zero-order valence-electron chi connectivity index (χ0n) is 16.3. The van der Waals surface area contributed by atoms with Crippen LogP contribution in [-0.4, -0.2) is 38.8 Å². The number of methoxy groups -OCH3 is 1. The molecule has 156 valence electrons. The fraction of sp³-hybridized carbons (Fsp3) is 0.381. The summed E-state index contributed by atoms with van der Waals surface area (Å²) in [6.45, 7) is 0.863. The summed E-state index contributed by atoms with van der Waals surface area (Å²) in [6, 6.07) is 13.3. The standard InChI is InChI=1S/C21H25FN2O4S/c1-28-20-9-5-3-6-17(20)14-23-21(25)16-10-12-24(13-11-16)29(26,27)15-18-7-2-4-8-19(18)22/h2-9,16H,10-15H2,1H3,(H,23,25). The normalized spacial score (nSPS) is 15.8. The molecule has 0 spiro atoms. The highest BCUT2D eigenvalue weighted by atomic mass is 32.2. The molecule has 2 aromatic carbocycles. The van der Waals surface area contributed by atoms with Gasteiger partial charge in [-0.2, -0.15) is 0 Å². The average molecular weight is 421 g/mol. The molecule has 0 saturated carbocycles. The van der Waals surface area contributed by atoms with Crippen molar-refractivity contribution in [2.24, 2.45) is 5.92 Å². The first-order chi connectivity index (χ1) is 13.9. The number of piperidine rings is 1. The monoisotopic (exact) mass is 420 g/mol. The Labute approximate surface area is 170 Å². The Kier molecular flexibility index (Phi) is 6.87. The second-order valence-corrected chi connectivity index (χ2v) is 9.02. The second-order valence-electron chi connectivity index (χ2n) is 7.05. The van der Waals surface area contributed by atoms with Crippen LogP contribution in [0.2, 0.25) is 0 Å². The van der Waals surface area contributed by atoms with E-state index in [-0.39, 0.29) is 36.2 Å². The Hall–Kier alpha value is -2.45. The minimum absolute atomic E-state index is 0.0953. The maximum absolute atomic E-state index is 13.8. The minimum atomic E-state index is -3.63. The van der Waals surface area contributed by atoms with Gasteiger partial charge in [-0.05, 0) is 25.0 Å². The first-order valence-electron chi connectivity index (χ1n) is 9.51. The van der Waals surface area contributed by atoms with E-state index in [1.165, 1.54) is 22.5 Å². The van der Waals surface area contributed by atoms with Crippen LogP contribution in [0.5, 0.6) is 5.75 Å². The molecule has 2 aromatic rings. The molecule has 0 atom stereocenters. The number of hydrogen-bond donors (Lipinski definition) is 1. The first kappa shape index (κ1) is 21.3. The highest BCUT2D eigenvalue weighted by molar-refractivity contribution is 7.88. The van der Waals surface area contributed by atoms with E-state index < -0.39 is 15.8 Å². The number of rotatable bonds is 7. The molecule has 1 amide bonds. The molecule has 1 N–H and O–H groups in total. The molecule has 6 nitrogen and oxygen atoms in total. The van der Waals surface area contributed by atoms with Crippen LogP contribution in [0.1, 0.15) is 24.0 Å². The number of benzene rings is 2. The largest absolute Gasteiger partial charge is 0.496 e. The van der Waals surface area contributed by atoms with E-state index in [9.17, 15) is 17.6 Å². The van der Waals surface area contributed by atoms with Crippen molar-refractivity contribution in [1.29, 1.82) is 0 Å². The van der Waals surface area contributed by atoms with E-state index >= 15 is 0 Å². The number of nitrogens with zero attached hydrogens (tertiary/aromatic N) is 1. The third-order valence-electron chi connectivity index (χ3n) is 5.16. The van der Waals surface area contributed by atoms with Crippen molar-refractivity contribution >= 4 is 15.9 Å². The van der Waals surface area contributed by atoms with Gasteiger partial charge in [0.05, 0.1) is 12.9 Å².